The van der Waals surface area contributed by atoms with E-state index >= 15 is 0 Å². The maximum absolute atomic E-state index is 12.7. The Morgan fingerprint density at radius 3 is 2.88 bits per heavy atom. The molecule has 1 aliphatic rings. The van der Waals surface area contributed by atoms with E-state index in [1.807, 2.05) is 13.0 Å². The van der Waals surface area contributed by atoms with Gasteiger partial charge in [-0.1, -0.05) is 28.9 Å². The number of non-ortho nitro benzene ring substituents is 1. The third kappa shape index (κ3) is 3.71. The third-order valence-electron chi connectivity index (χ3n) is 4.29. The molecule has 1 aromatic heterocycles. The predicted octanol–water partition coefficient (Wildman–Crippen LogP) is 4.02. The van der Waals surface area contributed by atoms with Gasteiger partial charge in [0.25, 0.3) is 11.6 Å². The van der Waals surface area contributed by atoms with Crippen molar-refractivity contribution in [1.82, 2.24) is 4.90 Å². The molecule has 2 aromatic rings. The molecule has 3 rings (SSSR count). The molecule has 2 heterocycles. The van der Waals surface area contributed by atoms with Crippen LogP contribution in [0.2, 0.25) is 4.34 Å². The Bertz CT molecular complexity index is 882. The van der Waals surface area contributed by atoms with Crippen LogP contribution in [0.4, 0.5) is 5.69 Å². The molecule has 1 aromatic carbocycles. The monoisotopic (exact) mass is 393 g/mol. The summed E-state index contributed by atoms with van der Waals surface area (Å²) in [6.07, 6.45) is -0.348. The third-order valence-corrected chi connectivity index (χ3v) is 5.57. The van der Waals surface area contributed by atoms with Crippen LogP contribution in [-0.4, -0.2) is 34.6 Å². The smallest absolute Gasteiger partial charge is 0.269 e. The molecule has 2 unspecified atom stereocenters. The number of halogens is 1. The molecule has 26 heavy (non-hydrogen) atoms. The summed E-state index contributed by atoms with van der Waals surface area (Å²) in [6, 6.07) is 9.53. The molecule has 0 saturated heterocycles. The van der Waals surface area contributed by atoms with Crippen LogP contribution in [0.5, 0.6) is 0 Å². The summed E-state index contributed by atoms with van der Waals surface area (Å²) in [4.78, 5) is 30.9. The summed E-state index contributed by atoms with van der Waals surface area (Å²) in [5.74, 6) is -0.231. The first-order valence-electron chi connectivity index (χ1n) is 7.86. The van der Waals surface area contributed by atoms with E-state index in [9.17, 15) is 14.9 Å². The minimum Gasteiger partial charge on any atom is -0.382 e. The van der Waals surface area contributed by atoms with Gasteiger partial charge in [0.1, 0.15) is 5.71 Å². The maximum Gasteiger partial charge on any atom is 0.269 e. The number of hydrogen-bond acceptors (Lipinski definition) is 6. The van der Waals surface area contributed by atoms with E-state index in [1.54, 1.807) is 25.2 Å². The number of nitro benzene ring substituents is 1. The van der Waals surface area contributed by atoms with E-state index in [2.05, 4.69) is 5.16 Å². The molecule has 0 aliphatic carbocycles. The number of carbonyl (C=O) groups is 1. The van der Waals surface area contributed by atoms with Gasteiger partial charge in [-0.3, -0.25) is 14.9 Å². The van der Waals surface area contributed by atoms with Crippen molar-refractivity contribution in [2.45, 2.75) is 25.5 Å². The minimum absolute atomic E-state index is 0.00694. The molecule has 0 fully saturated rings. The lowest BCUT2D eigenvalue weighted by atomic mass is 10.0. The Morgan fingerprint density at radius 2 is 2.23 bits per heavy atom. The Labute approximate surface area is 159 Å². The Balaban J connectivity index is 1.68. The van der Waals surface area contributed by atoms with Gasteiger partial charge in [-0.05, 0) is 24.6 Å². The van der Waals surface area contributed by atoms with Gasteiger partial charge in [0.05, 0.1) is 20.2 Å². The van der Waals surface area contributed by atoms with Gasteiger partial charge in [0.15, 0.2) is 0 Å². The van der Waals surface area contributed by atoms with E-state index in [1.165, 1.54) is 28.4 Å². The molecule has 0 spiro atoms. The minimum atomic E-state index is -0.711. The van der Waals surface area contributed by atoms with Crippen molar-refractivity contribution >= 4 is 40.2 Å². The molecule has 2 atom stereocenters. The summed E-state index contributed by atoms with van der Waals surface area (Å²) in [5.41, 5.74) is 1.36. The summed E-state index contributed by atoms with van der Waals surface area (Å²) in [5, 5.41) is 14.9. The fraction of sp³-hybridized carbons (Fsp3) is 0.294. The van der Waals surface area contributed by atoms with Crippen LogP contribution in [0.3, 0.4) is 0 Å². The molecular weight excluding hydrogens is 378 g/mol. The van der Waals surface area contributed by atoms with Gasteiger partial charge in [-0.15, -0.1) is 11.3 Å². The molecular formula is C17H16ClN3O4S. The van der Waals surface area contributed by atoms with E-state index in [4.69, 9.17) is 16.4 Å². The zero-order chi connectivity index (χ0) is 18.8. The van der Waals surface area contributed by atoms with E-state index in [0.29, 0.717) is 22.0 Å². The van der Waals surface area contributed by atoms with Crippen LogP contribution in [0, 0.1) is 10.1 Å². The summed E-state index contributed by atoms with van der Waals surface area (Å²) in [7, 11) is 1.65. The Hall–Kier alpha value is -2.45. The molecule has 0 saturated carbocycles. The average Bonchev–Trinajstić information content (AvgIpc) is 3.28. The van der Waals surface area contributed by atoms with Crippen LogP contribution < -0.4 is 0 Å². The fourth-order valence-corrected chi connectivity index (χ4v) is 3.70. The number of benzene rings is 1. The number of likely N-dealkylation sites (N-methyl/N-ethyl adjacent to an activating group) is 1. The number of oxime groups is 1. The van der Waals surface area contributed by atoms with Crippen molar-refractivity contribution in [2.24, 2.45) is 5.16 Å². The van der Waals surface area contributed by atoms with Crippen LogP contribution in [-0.2, 0) is 9.63 Å². The number of rotatable bonds is 5. The number of carbonyl (C=O) groups excluding carboxylic acids is 1. The largest absolute Gasteiger partial charge is 0.382 e. The molecule has 7 nitrogen and oxygen atoms in total. The first-order chi connectivity index (χ1) is 12.4. The number of nitrogens with zero attached hydrogens (tertiary/aromatic N) is 3. The number of amides is 1. The van der Waals surface area contributed by atoms with Crippen LogP contribution >= 0.6 is 22.9 Å². The highest BCUT2D eigenvalue weighted by atomic mass is 35.5. The quantitative estimate of drug-likeness (QED) is 0.567. The first-order valence-corrected chi connectivity index (χ1v) is 9.05. The summed E-state index contributed by atoms with van der Waals surface area (Å²) in [6.45, 7) is 1.81. The zero-order valence-corrected chi connectivity index (χ0v) is 15.7. The average molecular weight is 394 g/mol. The second kappa shape index (κ2) is 7.43. The first kappa shape index (κ1) is 18.3. The van der Waals surface area contributed by atoms with Crippen molar-refractivity contribution in [3.63, 3.8) is 0 Å². The van der Waals surface area contributed by atoms with Crippen molar-refractivity contribution in [1.29, 1.82) is 0 Å². The summed E-state index contributed by atoms with van der Waals surface area (Å²) < 4.78 is 0.647. The van der Waals surface area contributed by atoms with Gasteiger partial charge in [0, 0.05) is 25.6 Å². The van der Waals surface area contributed by atoms with Gasteiger partial charge in [-0.25, -0.2) is 0 Å². The Kier molecular flexibility index (Phi) is 5.24. The lowest BCUT2D eigenvalue weighted by Gasteiger charge is -2.26. The molecule has 0 bridgehead atoms. The lowest BCUT2D eigenvalue weighted by molar-refractivity contribution is -0.384. The van der Waals surface area contributed by atoms with Crippen molar-refractivity contribution in [2.75, 3.05) is 7.05 Å². The van der Waals surface area contributed by atoms with Gasteiger partial charge >= 0.3 is 0 Å². The number of hydrogen-bond donors (Lipinski definition) is 0. The van der Waals surface area contributed by atoms with Gasteiger partial charge < -0.3 is 9.74 Å². The standard InChI is InChI=1S/C17H16ClN3O4S/c1-10(11-4-3-5-12(8-11)21(23)24)20(2)17(22)14-9-13(19-25-14)15-6-7-16(18)26-15/h3-8,10,14H,9H2,1-2H3. The van der Waals surface area contributed by atoms with Crippen molar-refractivity contribution in [3.05, 3.63) is 61.3 Å². The fourth-order valence-electron chi connectivity index (χ4n) is 2.66. The molecule has 9 heteroatoms. The number of nitro groups is 1. The lowest BCUT2D eigenvalue weighted by Crippen LogP contribution is -2.38. The second-order valence-electron chi connectivity index (χ2n) is 5.92. The van der Waals surface area contributed by atoms with Crippen LogP contribution in [0.25, 0.3) is 0 Å². The van der Waals surface area contributed by atoms with Crippen LogP contribution in [0.1, 0.15) is 29.8 Å². The topological polar surface area (TPSA) is 85.0 Å². The van der Waals surface area contributed by atoms with Gasteiger partial charge in [0.2, 0.25) is 6.10 Å². The molecule has 1 aliphatic heterocycles. The van der Waals surface area contributed by atoms with Crippen molar-refractivity contribution in [3.8, 4) is 0 Å². The second-order valence-corrected chi connectivity index (χ2v) is 7.63. The predicted molar refractivity (Wildman–Crippen MR) is 99.6 cm³/mol. The SMILES string of the molecule is CC(c1cccc([N+](=O)[O-])c1)N(C)C(=O)C1CC(c2ccc(Cl)s2)=NO1. The van der Waals surface area contributed by atoms with Crippen LogP contribution in [0.15, 0.2) is 41.6 Å². The molecule has 0 radical (unpaired) electrons. The molecule has 136 valence electrons. The number of thiophene rings is 1. The maximum atomic E-state index is 12.7. The van der Waals surface area contributed by atoms with E-state index < -0.39 is 11.0 Å². The Morgan fingerprint density at radius 1 is 1.46 bits per heavy atom. The highest BCUT2D eigenvalue weighted by Crippen LogP contribution is 2.28. The van der Waals surface area contributed by atoms with E-state index in [-0.39, 0.29) is 17.6 Å². The van der Waals surface area contributed by atoms with Gasteiger partial charge in [-0.2, -0.15) is 0 Å². The summed E-state index contributed by atoms with van der Waals surface area (Å²) >= 11 is 7.31. The normalized spacial score (nSPS) is 17.3. The van der Waals surface area contributed by atoms with E-state index in [0.717, 1.165) is 4.88 Å². The highest BCUT2D eigenvalue weighted by molar-refractivity contribution is 7.18. The van der Waals surface area contributed by atoms with Crippen molar-refractivity contribution < 1.29 is 14.6 Å². The molecule has 1 amide bonds. The molecule has 0 N–H and O–H groups in total. The highest BCUT2D eigenvalue weighted by Gasteiger charge is 2.33. The zero-order valence-electron chi connectivity index (χ0n) is 14.1.